The minimum atomic E-state index is 0.319. The first-order valence-corrected chi connectivity index (χ1v) is 7.56. The van der Waals surface area contributed by atoms with Crippen molar-refractivity contribution in [2.75, 3.05) is 17.7 Å². The molecule has 2 N–H and O–H groups in total. The first-order chi connectivity index (χ1) is 9.58. The number of hydrogen-bond acceptors (Lipinski definition) is 5. The van der Waals surface area contributed by atoms with Crippen LogP contribution in [0.1, 0.15) is 50.4 Å². The van der Waals surface area contributed by atoms with Crippen molar-refractivity contribution in [2.45, 2.75) is 64.2 Å². The average molecular weight is 276 g/mol. The highest BCUT2D eigenvalue weighted by Crippen LogP contribution is 2.36. The molecule has 0 spiro atoms. The average Bonchev–Trinajstić information content (AvgIpc) is 3.03. The van der Waals surface area contributed by atoms with Gasteiger partial charge in [-0.05, 0) is 26.2 Å². The highest BCUT2D eigenvalue weighted by molar-refractivity contribution is 5.57. The Kier molecular flexibility index (Phi) is 3.54. The Balaban J connectivity index is 1.86. The van der Waals surface area contributed by atoms with E-state index in [9.17, 15) is 0 Å². The van der Waals surface area contributed by atoms with Crippen LogP contribution in [0.25, 0.3) is 0 Å². The molecule has 2 fully saturated rings. The molecule has 3 atom stereocenters. The maximum atomic E-state index is 5.91. The molecule has 3 unspecified atom stereocenters. The van der Waals surface area contributed by atoms with Crippen molar-refractivity contribution in [3.8, 4) is 0 Å². The topological polar surface area (TPSA) is 59.1 Å². The molecular formula is C15H24N4O. The van der Waals surface area contributed by atoms with Crippen LogP contribution in [0.4, 0.5) is 11.6 Å². The van der Waals surface area contributed by atoms with Crippen molar-refractivity contribution >= 4 is 11.6 Å². The lowest BCUT2D eigenvalue weighted by Gasteiger charge is -2.23. The molecule has 0 amide bonds. The van der Waals surface area contributed by atoms with Gasteiger partial charge < -0.3 is 15.4 Å². The molecule has 2 aliphatic rings. The third-order valence-corrected chi connectivity index (χ3v) is 4.34. The Morgan fingerprint density at radius 3 is 2.50 bits per heavy atom. The summed E-state index contributed by atoms with van der Waals surface area (Å²) in [4.78, 5) is 9.29. The van der Waals surface area contributed by atoms with E-state index in [0.29, 0.717) is 24.2 Å². The van der Waals surface area contributed by atoms with Crippen LogP contribution in [-0.2, 0) is 4.74 Å². The molecule has 20 heavy (non-hydrogen) atoms. The number of fused-ring (bicyclic) bond motifs is 2. The van der Waals surface area contributed by atoms with E-state index in [0.717, 1.165) is 29.4 Å². The number of ether oxygens (including phenoxy) is 1. The number of hydrogen-bond donors (Lipinski definition) is 2. The van der Waals surface area contributed by atoms with Crippen molar-refractivity contribution in [1.82, 2.24) is 9.97 Å². The second-order valence-corrected chi connectivity index (χ2v) is 6.17. The van der Waals surface area contributed by atoms with Gasteiger partial charge in [0.15, 0.2) is 0 Å². The summed E-state index contributed by atoms with van der Waals surface area (Å²) in [5.74, 6) is 3.07. The standard InChI is InChI=1S/C15H24N4O/c1-8(2)13-18-14(16-4)9(3)15(19-13)17-11-7-10-5-6-12(11)20-10/h8,10-12H,5-7H2,1-4H3,(H2,16,17,18,19). The second-order valence-electron chi connectivity index (χ2n) is 6.17. The summed E-state index contributed by atoms with van der Waals surface area (Å²) in [6, 6.07) is 0.395. The minimum Gasteiger partial charge on any atom is -0.373 e. The molecule has 5 nitrogen and oxygen atoms in total. The van der Waals surface area contributed by atoms with Gasteiger partial charge in [0, 0.05) is 18.5 Å². The first-order valence-electron chi connectivity index (χ1n) is 7.56. The lowest BCUT2D eigenvalue weighted by atomic mass is 9.95. The lowest BCUT2D eigenvalue weighted by Crippen LogP contribution is -2.31. The van der Waals surface area contributed by atoms with Gasteiger partial charge in [-0.15, -0.1) is 0 Å². The number of nitrogens with zero attached hydrogens (tertiary/aromatic N) is 2. The summed E-state index contributed by atoms with van der Waals surface area (Å²) in [5, 5.41) is 6.76. The minimum absolute atomic E-state index is 0.319. The van der Waals surface area contributed by atoms with Gasteiger partial charge >= 0.3 is 0 Å². The Bertz CT molecular complexity index is 503. The summed E-state index contributed by atoms with van der Waals surface area (Å²) in [7, 11) is 1.91. The number of nitrogens with one attached hydrogen (secondary N) is 2. The van der Waals surface area contributed by atoms with E-state index >= 15 is 0 Å². The van der Waals surface area contributed by atoms with Crippen molar-refractivity contribution in [2.24, 2.45) is 0 Å². The Hall–Kier alpha value is -1.36. The van der Waals surface area contributed by atoms with E-state index in [1.54, 1.807) is 0 Å². The van der Waals surface area contributed by atoms with Gasteiger partial charge in [0.1, 0.15) is 17.5 Å². The van der Waals surface area contributed by atoms with Gasteiger partial charge in [-0.2, -0.15) is 0 Å². The Morgan fingerprint density at radius 2 is 1.95 bits per heavy atom. The van der Waals surface area contributed by atoms with Crippen LogP contribution in [0.3, 0.4) is 0 Å². The molecule has 110 valence electrons. The largest absolute Gasteiger partial charge is 0.373 e. The third-order valence-electron chi connectivity index (χ3n) is 4.34. The summed E-state index contributed by atoms with van der Waals surface area (Å²) in [6.45, 7) is 6.30. The fraction of sp³-hybridized carbons (Fsp3) is 0.733. The second kappa shape index (κ2) is 5.20. The van der Waals surface area contributed by atoms with Crippen LogP contribution in [-0.4, -0.2) is 35.3 Å². The number of aromatic nitrogens is 2. The highest BCUT2D eigenvalue weighted by Gasteiger charge is 2.41. The van der Waals surface area contributed by atoms with Crippen LogP contribution in [0.2, 0.25) is 0 Å². The van der Waals surface area contributed by atoms with Gasteiger partial charge in [0.25, 0.3) is 0 Å². The van der Waals surface area contributed by atoms with E-state index in [4.69, 9.17) is 9.72 Å². The van der Waals surface area contributed by atoms with E-state index in [2.05, 4.69) is 36.4 Å². The number of rotatable bonds is 4. The highest BCUT2D eigenvalue weighted by atomic mass is 16.5. The summed E-state index contributed by atoms with van der Waals surface area (Å²) >= 11 is 0. The zero-order valence-corrected chi connectivity index (χ0v) is 12.7. The molecule has 0 radical (unpaired) electrons. The van der Waals surface area contributed by atoms with Gasteiger partial charge in [-0.1, -0.05) is 13.8 Å². The van der Waals surface area contributed by atoms with Crippen LogP contribution in [0, 0.1) is 6.92 Å². The van der Waals surface area contributed by atoms with Crippen LogP contribution in [0.15, 0.2) is 0 Å². The fourth-order valence-corrected chi connectivity index (χ4v) is 3.14. The zero-order valence-electron chi connectivity index (χ0n) is 12.7. The van der Waals surface area contributed by atoms with Crippen molar-refractivity contribution < 1.29 is 4.74 Å². The van der Waals surface area contributed by atoms with Crippen molar-refractivity contribution in [1.29, 1.82) is 0 Å². The van der Waals surface area contributed by atoms with Gasteiger partial charge in [-0.25, -0.2) is 9.97 Å². The molecule has 5 heteroatoms. The monoisotopic (exact) mass is 276 g/mol. The van der Waals surface area contributed by atoms with Crippen LogP contribution >= 0.6 is 0 Å². The van der Waals surface area contributed by atoms with E-state index in [-0.39, 0.29) is 0 Å². The molecule has 2 aliphatic heterocycles. The van der Waals surface area contributed by atoms with E-state index in [1.165, 1.54) is 12.8 Å². The predicted octanol–water partition coefficient (Wildman–Crippen LogP) is 2.68. The summed E-state index contributed by atoms with van der Waals surface area (Å²) < 4.78 is 5.91. The zero-order chi connectivity index (χ0) is 14.3. The van der Waals surface area contributed by atoms with Gasteiger partial charge in [0.2, 0.25) is 0 Å². The fourth-order valence-electron chi connectivity index (χ4n) is 3.14. The molecule has 0 aliphatic carbocycles. The first kappa shape index (κ1) is 13.6. The van der Waals surface area contributed by atoms with Crippen molar-refractivity contribution in [3.63, 3.8) is 0 Å². The molecule has 0 saturated carbocycles. The molecule has 2 bridgehead atoms. The smallest absolute Gasteiger partial charge is 0.135 e. The molecule has 3 rings (SSSR count). The molecule has 3 heterocycles. The SMILES string of the molecule is CNc1nc(C(C)C)nc(NC2CC3CCC2O3)c1C. The maximum absolute atomic E-state index is 5.91. The third kappa shape index (κ3) is 2.35. The molecule has 0 aromatic carbocycles. The van der Waals surface area contributed by atoms with E-state index in [1.807, 2.05) is 7.05 Å². The molecule has 2 saturated heterocycles. The molecule has 1 aromatic rings. The van der Waals surface area contributed by atoms with Crippen LogP contribution in [0.5, 0.6) is 0 Å². The maximum Gasteiger partial charge on any atom is 0.135 e. The summed E-state index contributed by atoms with van der Waals surface area (Å²) in [5.41, 5.74) is 1.08. The Labute approximate surface area is 120 Å². The molecular weight excluding hydrogens is 252 g/mol. The quantitative estimate of drug-likeness (QED) is 0.885. The molecule has 1 aromatic heterocycles. The van der Waals surface area contributed by atoms with Gasteiger partial charge in [-0.3, -0.25) is 0 Å². The number of anilines is 2. The van der Waals surface area contributed by atoms with Crippen molar-refractivity contribution in [3.05, 3.63) is 11.4 Å². The van der Waals surface area contributed by atoms with Crippen LogP contribution < -0.4 is 10.6 Å². The normalized spacial score (nSPS) is 28.1. The lowest BCUT2D eigenvalue weighted by molar-refractivity contribution is 0.102. The Morgan fingerprint density at radius 1 is 1.20 bits per heavy atom. The van der Waals surface area contributed by atoms with E-state index < -0.39 is 0 Å². The van der Waals surface area contributed by atoms with Gasteiger partial charge in [0.05, 0.1) is 18.2 Å². The predicted molar refractivity (Wildman–Crippen MR) is 80.3 cm³/mol. The summed E-state index contributed by atoms with van der Waals surface area (Å²) in [6.07, 6.45) is 4.29.